The lowest BCUT2D eigenvalue weighted by Gasteiger charge is -2.43. The summed E-state index contributed by atoms with van der Waals surface area (Å²) in [4.78, 5) is 44.2. The summed E-state index contributed by atoms with van der Waals surface area (Å²) in [7, 11) is 0. The molecule has 32 heavy (non-hydrogen) atoms. The van der Waals surface area contributed by atoms with E-state index in [0.717, 1.165) is 44.9 Å². The number of nitrogens with two attached hydrogens (primary N) is 1. The molecule has 182 valence electrons. The maximum Gasteiger partial charge on any atom is 0.408 e. The summed E-state index contributed by atoms with van der Waals surface area (Å²) >= 11 is 0. The lowest BCUT2D eigenvalue weighted by Crippen LogP contribution is -2.64. The van der Waals surface area contributed by atoms with Crippen LogP contribution in [0.5, 0.6) is 0 Å². The predicted molar refractivity (Wildman–Crippen MR) is 124 cm³/mol. The molecule has 0 bridgehead atoms. The van der Waals surface area contributed by atoms with E-state index >= 15 is 0 Å². The highest BCUT2D eigenvalue weighted by atomic mass is 16.6. The first-order chi connectivity index (χ1) is 15.1. The molecule has 1 aliphatic heterocycles. The van der Waals surface area contributed by atoms with Gasteiger partial charge in [-0.15, -0.1) is 0 Å². The van der Waals surface area contributed by atoms with Crippen LogP contribution in [-0.2, 0) is 14.3 Å². The van der Waals surface area contributed by atoms with Crippen LogP contribution in [0, 0.1) is 5.92 Å². The fourth-order valence-electron chi connectivity index (χ4n) is 4.21. The lowest BCUT2D eigenvalue weighted by molar-refractivity contribution is -0.150. The van der Waals surface area contributed by atoms with Gasteiger partial charge in [0.15, 0.2) is 0 Å². The van der Waals surface area contributed by atoms with Gasteiger partial charge in [0, 0.05) is 19.6 Å². The fraction of sp³-hybridized carbons (Fsp3) is 0.826. The van der Waals surface area contributed by atoms with Crippen molar-refractivity contribution >= 4 is 23.7 Å². The van der Waals surface area contributed by atoms with Crippen molar-refractivity contribution in [2.45, 2.75) is 96.7 Å². The third-order valence-corrected chi connectivity index (χ3v) is 5.91. The van der Waals surface area contributed by atoms with E-state index in [1.165, 1.54) is 0 Å². The van der Waals surface area contributed by atoms with Gasteiger partial charge in [-0.05, 0) is 65.7 Å². The molecule has 9 nitrogen and oxygen atoms in total. The third-order valence-electron chi connectivity index (χ3n) is 5.91. The van der Waals surface area contributed by atoms with Crippen LogP contribution in [0.2, 0.25) is 0 Å². The molecule has 0 aromatic carbocycles. The highest BCUT2D eigenvalue weighted by Crippen LogP contribution is 2.30. The van der Waals surface area contributed by atoms with Crippen molar-refractivity contribution < 1.29 is 19.1 Å². The second kappa shape index (κ2) is 12.1. The minimum atomic E-state index is -0.655. The SMILES string of the molecule is CC(N)=NCCCCNC(=O)[C@@H]1CCN1C(=O)[C@H](NC(=O)OC(C)(C)C)C1CCCCC1. The Balaban J connectivity index is 1.92. The Morgan fingerprint density at radius 3 is 2.38 bits per heavy atom. The zero-order valence-electron chi connectivity index (χ0n) is 20.1. The van der Waals surface area contributed by atoms with Gasteiger partial charge in [-0.1, -0.05) is 19.3 Å². The van der Waals surface area contributed by atoms with Gasteiger partial charge in [-0.3, -0.25) is 14.6 Å². The molecular formula is C23H41N5O4. The van der Waals surface area contributed by atoms with Crippen molar-refractivity contribution in [2.75, 3.05) is 19.6 Å². The maximum atomic E-state index is 13.4. The Labute approximate surface area is 191 Å². The second-order valence-electron chi connectivity index (χ2n) is 9.88. The van der Waals surface area contributed by atoms with Gasteiger partial charge in [0.05, 0.1) is 5.84 Å². The molecule has 1 heterocycles. The normalized spacial score (nSPS) is 20.8. The molecule has 2 rings (SSSR count). The number of alkyl carbamates (subject to hydrolysis) is 1. The Hall–Kier alpha value is -2.32. The minimum absolute atomic E-state index is 0.0691. The number of hydrogen-bond acceptors (Lipinski definition) is 5. The molecule has 0 spiro atoms. The first-order valence-corrected chi connectivity index (χ1v) is 11.9. The number of nitrogens with one attached hydrogen (secondary N) is 2. The number of likely N-dealkylation sites (tertiary alicyclic amines) is 1. The Morgan fingerprint density at radius 1 is 1.12 bits per heavy atom. The highest BCUT2D eigenvalue weighted by molar-refractivity contribution is 5.93. The van der Waals surface area contributed by atoms with E-state index in [4.69, 9.17) is 10.5 Å². The number of ether oxygens (including phenoxy) is 1. The molecule has 2 aliphatic rings. The Kier molecular flexibility index (Phi) is 9.78. The Bertz CT molecular complexity index is 678. The summed E-state index contributed by atoms with van der Waals surface area (Å²) in [6.45, 7) is 8.85. The summed E-state index contributed by atoms with van der Waals surface area (Å²) in [5, 5.41) is 5.74. The molecule has 1 aliphatic carbocycles. The summed E-state index contributed by atoms with van der Waals surface area (Å²) < 4.78 is 5.40. The number of hydrogen-bond donors (Lipinski definition) is 3. The first kappa shape index (κ1) is 25.9. The van der Waals surface area contributed by atoms with E-state index in [2.05, 4.69) is 15.6 Å². The van der Waals surface area contributed by atoms with Crippen molar-refractivity contribution in [2.24, 2.45) is 16.6 Å². The summed E-state index contributed by atoms with van der Waals surface area (Å²) in [5.41, 5.74) is 4.87. The monoisotopic (exact) mass is 451 g/mol. The quantitative estimate of drug-likeness (QED) is 0.282. The molecule has 2 fully saturated rings. The van der Waals surface area contributed by atoms with Crippen LogP contribution in [0.4, 0.5) is 4.79 Å². The van der Waals surface area contributed by atoms with Gasteiger partial charge in [0.1, 0.15) is 17.7 Å². The third kappa shape index (κ3) is 8.31. The first-order valence-electron chi connectivity index (χ1n) is 11.9. The van der Waals surface area contributed by atoms with Crippen molar-refractivity contribution in [3.05, 3.63) is 0 Å². The van der Waals surface area contributed by atoms with E-state index in [-0.39, 0.29) is 17.7 Å². The number of unbranched alkanes of at least 4 members (excludes halogenated alkanes) is 1. The molecule has 4 N–H and O–H groups in total. The van der Waals surface area contributed by atoms with Crippen LogP contribution in [0.1, 0.15) is 79.1 Å². The molecule has 0 unspecified atom stereocenters. The van der Waals surface area contributed by atoms with E-state index in [1.807, 2.05) is 0 Å². The average Bonchev–Trinajstić information content (AvgIpc) is 2.67. The molecular weight excluding hydrogens is 410 g/mol. The largest absolute Gasteiger partial charge is 0.444 e. The predicted octanol–water partition coefficient (Wildman–Crippen LogP) is 2.33. The van der Waals surface area contributed by atoms with E-state index < -0.39 is 23.8 Å². The van der Waals surface area contributed by atoms with Crippen molar-refractivity contribution in [3.8, 4) is 0 Å². The highest BCUT2D eigenvalue weighted by Gasteiger charge is 2.43. The van der Waals surface area contributed by atoms with Crippen molar-refractivity contribution in [1.82, 2.24) is 15.5 Å². The Morgan fingerprint density at radius 2 is 1.81 bits per heavy atom. The number of aliphatic imine (C=N–C) groups is 1. The molecule has 0 aromatic rings. The number of amidine groups is 1. The molecule has 1 saturated carbocycles. The number of carbonyl (C=O) groups excluding carboxylic acids is 3. The molecule has 3 amide bonds. The molecule has 2 atom stereocenters. The smallest absolute Gasteiger partial charge is 0.408 e. The number of amides is 3. The van der Waals surface area contributed by atoms with Crippen molar-refractivity contribution in [1.29, 1.82) is 0 Å². The van der Waals surface area contributed by atoms with E-state index in [0.29, 0.717) is 31.9 Å². The molecule has 0 aromatic heterocycles. The van der Waals surface area contributed by atoms with Gasteiger partial charge in [0.25, 0.3) is 0 Å². The standard InChI is InChI=1S/C23H41N5O4/c1-16(24)25-13-8-9-14-26-20(29)18-12-15-28(18)21(30)19(17-10-6-5-7-11-17)27-22(31)32-23(2,3)4/h17-19H,5-15H2,1-4H3,(H2,24,25)(H,26,29)(H,27,31)/t18-,19+/m0/s1. The summed E-state index contributed by atoms with van der Waals surface area (Å²) in [6.07, 6.45) is 6.71. The average molecular weight is 452 g/mol. The summed E-state index contributed by atoms with van der Waals surface area (Å²) in [6, 6.07) is -1.13. The van der Waals surface area contributed by atoms with Gasteiger partial charge in [-0.2, -0.15) is 0 Å². The van der Waals surface area contributed by atoms with Crippen molar-refractivity contribution in [3.63, 3.8) is 0 Å². The van der Waals surface area contributed by atoms with Crippen LogP contribution in [0.3, 0.4) is 0 Å². The number of rotatable bonds is 9. The van der Waals surface area contributed by atoms with Crippen LogP contribution >= 0.6 is 0 Å². The number of carbonyl (C=O) groups is 3. The van der Waals surface area contributed by atoms with Crippen LogP contribution in [-0.4, -0.2) is 66.0 Å². The molecule has 9 heteroatoms. The molecule has 0 radical (unpaired) electrons. The van der Waals surface area contributed by atoms with Crippen LogP contribution < -0.4 is 16.4 Å². The maximum absolute atomic E-state index is 13.4. The van der Waals surface area contributed by atoms with E-state index in [9.17, 15) is 14.4 Å². The lowest BCUT2D eigenvalue weighted by atomic mass is 9.82. The zero-order chi connectivity index (χ0) is 23.7. The minimum Gasteiger partial charge on any atom is -0.444 e. The molecule has 1 saturated heterocycles. The van der Waals surface area contributed by atoms with Crippen LogP contribution in [0.25, 0.3) is 0 Å². The second-order valence-corrected chi connectivity index (χ2v) is 9.88. The summed E-state index contributed by atoms with van der Waals surface area (Å²) in [5.74, 6) is 0.314. The fourth-order valence-corrected chi connectivity index (χ4v) is 4.21. The topological polar surface area (TPSA) is 126 Å². The van der Waals surface area contributed by atoms with Crippen LogP contribution in [0.15, 0.2) is 4.99 Å². The van der Waals surface area contributed by atoms with Gasteiger partial charge < -0.3 is 26.0 Å². The van der Waals surface area contributed by atoms with E-state index in [1.54, 1.807) is 32.6 Å². The zero-order valence-corrected chi connectivity index (χ0v) is 20.1. The van der Waals surface area contributed by atoms with Gasteiger partial charge in [0.2, 0.25) is 11.8 Å². The van der Waals surface area contributed by atoms with Gasteiger partial charge in [-0.25, -0.2) is 4.79 Å². The number of nitrogens with zero attached hydrogens (tertiary/aromatic N) is 2. The van der Waals surface area contributed by atoms with Gasteiger partial charge >= 0.3 is 6.09 Å².